The van der Waals surface area contributed by atoms with Crippen molar-refractivity contribution in [2.75, 3.05) is 11.1 Å². The summed E-state index contributed by atoms with van der Waals surface area (Å²) in [5.41, 5.74) is 7.09. The molecular formula is C12H11N5. The predicted molar refractivity (Wildman–Crippen MR) is 65.6 cm³/mol. The van der Waals surface area contributed by atoms with Crippen molar-refractivity contribution in [1.82, 2.24) is 9.97 Å². The molecule has 0 amide bonds. The van der Waals surface area contributed by atoms with E-state index >= 15 is 0 Å². The number of nitrogens with zero attached hydrogens (tertiary/aromatic N) is 3. The van der Waals surface area contributed by atoms with Gasteiger partial charge in [0.1, 0.15) is 17.5 Å². The summed E-state index contributed by atoms with van der Waals surface area (Å²) in [5.74, 6) is 1.68. The molecule has 0 bridgehead atoms. The lowest BCUT2D eigenvalue weighted by Gasteiger charge is -2.06. The number of aromatic nitrogens is 2. The number of nitrogens with one attached hydrogen (secondary N) is 1. The first-order chi connectivity index (χ1) is 8.17. The fourth-order valence-corrected chi connectivity index (χ4v) is 1.43. The summed E-state index contributed by atoms with van der Waals surface area (Å²) >= 11 is 0. The zero-order valence-corrected chi connectivity index (χ0v) is 9.31. The van der Waals surface area contributed by atoms with E-state index in [9.17, 15) is 0 Å². The summed E-state index contributed by atoms with van der Waals surface area (Å²) in [4.78, 5) is 8.19. The van der Waals surface area contributed by atoms with Crippen molar-refractivity contribution < 1.29 is 0 Å². The molecule has 0 saturated heterocycles. The number of benzene rings is 1. The van der Waals surface area contributed by atoms with Gasteiger partial charge in [0.05, 0.1) is 11.6 Å². The van der Waals surface area contributed by atoms with Crippen LogP contribution in [-0.2, 0) is 0 Å². The first-order valence-corrected chi connectivity index (χ1v) is 5.06. The summed E-state index contributed by atoms with van der Waals surface area (Å²) in [7, 11) is 0. The Morgan fingerprint density at radius 1 is 1.24 bits per heavy atom. The largest absolute Gasteiger partial charge is 0.384 e. The Morgan fingerprint density at radius 3 is 2.53 bits per heavy atom. The second-order valence-electron chi connectivity index (χ2n) is 3.54. The standard InChI is InChI=1S/C12H11N5/c1-8-15-11(14)6-12(16-8)17-10-4-2-9(7-13)3-5-10/h2-6H,1H3,(H3,14,15,16,17). The molecule has 5 heteroatoms. The van der Waals surface area contributed by atoms with Gasteiger partial charge in [0.25, 0.3) is 0 Å². The van der Waals surface area contributed by atoms with Crippen molar-refractivity contribution >= 4 is 17.3 Å². The Labute approximate surface area is 98.9 Å². The molecule has 0 radical (unpaired) electrons. The highest BCUT2D eigenvalue weighted by Gasteiger charge is 2.00. The zero-order valence-electron chi connectivity index (χ0n) is 9.31. The molecule has 1 heterocycles. The Hall–Kier alpha value is -2.61. The van der Waals surface area contributed by atoms with E-state index in [4.69, 9.17) is 11.0 Å². The van der Waals surface area contributed by atoms with Gasteiger partial charge in [-0.15, -0.1) is 0 Å². The molecule has 0 saturated carbocycles. The van der Waals surface area contributed by atoms with Crippen LogP contribution in [0.25, 0.3) is 0 Å². The second-order valence-corrected chi connectivity index (χ2v) is 3.54. The van der Waals surface area contributed by atoms with E-state index in [1.165, 1.54) is 0 Å². The van der Waals surface area contributed by atoms with Gasteiger partial charge in [0.2, 0.25) is 0 Å². The molecule has 0 aliphatic rings. The number of hydrogen-bond donors (Lipinski definition) is 2. The van der Waals surface area contributed by atoms with Crippen molar-refractivity contribution in [3.63, 3.8) is 0 Å². The molecule has 3 N–H and O–H groups in total. The number of nitriles is 1. The van der Waals surface area contributed by atoms with Crippen molar-refractivity contribution in [3.05, 3.63) is 41.7 Å². The number of nitrogen functional groups attached to an aromatic ring is 1. The highest BCUT2D eigenvalue weighted by Crippen LogP contribution is 2.16. The van der Waals surface area contributed by atoms with Gasteiger partial charge in [-0.3, -0.25) is 0 Å². The van der Waals surface area contributed by atoms with Gasteiger partial charge in [0.15, 0.2) is 0 Å². The van der Waals surface area contributed by atoms with Gasteiger partial charge in [-0.25, -0.2) is 9.97 Å². The van der Waals surface area contributed by atoms with E-state index in [0.717, 1.165) is 5.69 Å². The normalized spacial score (nSPS) is 9.65. The number of nitrogens with two attached hydrogens (primary N) is 1. The van der Waals surface area contributed by atoms with E-state index in [-0.39, 0.29) is 0 Å². The SMILES string of the molecule is Cc1nc(N)cc(Nc2ccc(C#N)cc2)n1. The molecule has 2 aromatic rings. The van der Waals surface area contributed by atoms with E-state index in [2.05, 4.69) is 21.4 Å². The minimum atomic E-state index is 0.425. The van der Waals surface area contributed by atoms with Gasteiger partial charge >= 0.3 is 0 Å². The van der Waals surface area contributed by atoms with Crippen molar-refractivity contribution in [2.24, 2.45) is 0 Å². The first-order valence-electron chi connectivity index (χ1n) is 5.06. The lowest BCUT2D eigenvalue weighted by Crippen LogP contribution is -2.00. The third kappa shape index (κ3) is 2.69. The smallest absolute Gasteiger partial charge is 0.136 e. The summed E-state index contributed by atoms with van der Waals surface area (Å²) in [6.07, 6.45) is 0. The molecule has 0 aliphatic heterocycles. The fourth-order valence-electron chi connectivity index (χ4n) is 1.43. The molecule has 0 spiro atoms. The van der Waals surface area contributed by atoms with Crippen molar-refractivity contribution in [1.29, 1.82) is 5.26 Å². The summed E-state index contributed by atoms with van der Waals surface area (Å²) in [5, 5.41) is 11.8. The van der Waals surface area contributed by atoms with Gasteiger partial charge < -0.3 is 11.1 Å². The Kier molecular flexibility index (Phi) is 2.88. The van der Waals surface area contributed by atoms with Crippen LogP contribution in [0.1, 0.15) is 11.4 Å². The van der Waals surface area contributed by atoms with E-state index in [1.807, 2.05) is 12.1 Å². The van der Waals surface area contributed by atoms with Crippen LogP contribution in [0.2, 0.25) is 0 Å². The summed E-state index contributed by atoms with van der Waals surface area (Å²) in [6.45, 7) is 1.78. The summed E-state index contributed by atoms with van der Waals surface area (Å²) in [6, 6.07) is 10.8. The minimum Gasteiger partial charge on any atom is -0.384 e. The quantitative estimate of drug-likeness (QED) is 0.815. The Bertz CT molecular complexity index is 548. The van der Waals surface area contributed by atoms with Gasteiger partial charge in [-0.1, -0.05) is 0 Å². The number of anilines is 3. The van der Waals surface area contributed by atoms with Crippen LogP contribution in [0.5, 0.6) is 0 Å². The third-order valence-corrected chi connectivity index (χ3v) is 2.14. The molecule has 2 rings (SSSR count). The fraction of sp³-hybridized carbons (Fsp3) is 0.0833. The molecule has 0 aliphatic carbocycles. The maximum Gasteiger partial charge on any atom is 0.136 e. The van der Waals surface area contributed by atoms with Crippen LogP contribution in [0, 0.1) is 18.3 Å². The van der Waals surface area contributed by atoms with Crippen LogP contribution < -0.4 is 11.1 Å². The minimum absolute atomic E-state index is 0.425. The molecule has 84 valence electrons. The topological polar surface area (TPSA) is 87.6 Å². The molecule has 1 aromatic heterocycles. The highest BCUT2D eigenvalue weighted by molar-refractivity contribution is 5.59. The zero-order chi connectivity index (χ0) is 12.3. The predicted octanol–water partition coefficient (Wildman–Crippen LogP) is 1.98. The molecule has 1 aromatic carbocycles. The Morgan fingerprint density at radius 2 is 1.94 bits per heavy atom. The second kappa shape index (κ2) is 4.49. The van der Waals surface area contributed by atoms with Crippen LogP contribution in [0.4, 0.5) is 17.3 Å². The first kappa shape index (κ1) is 10.9. The monoisotopic (exact) mass is 225 g/mol. The molecule has 0 unspecified atom stereocenters. The average molecular weight is 225 g/mol. The van der Waals surface area contributed by atoms with E-state index in [1.54, 1.807) is 25.1 Å². The molecule has 0 atom stereocenters. The number of hydrogen-bond acceptors (Lipinski definition) is 5. The lowest BCUT2D eigenvalue weighted by molar-refractivity contribution is 1.06. The van der Waals surface area contributed by atoms with Crippen LogP contribution >= 0.6 is 0 Å². The van der Waals surface area contributed by atoms with E-state index in [0.29, 0.717) is 23.0 Å². The van der Waals surface area contributed by atoms with Gasteiger partial charge in [0, 0.05) is 11.8 Å². The van der Waals surface area contributed by atoms with Crippen LogP contribution in [0.3, 0.4) is 0 Å². The molecular weight excluding hydrogens is 214 g/mol. The van der Waals surface area contributed by atoms with E-state index < -0.39 is 0 Å². The lowest BCUT2D eigenvalue weighted by atomic mass is 10.2. The number of aryl methyl sites for hydroxylation is 1. The molecule has 17 heavy (non-hydrogen) atoms. The third-order valence-electron chi connectivity index (χ3n) is 2.14. The highest BCUT2D eigenvalue weighted by atomic mass is 15.0. The van der Waals surface area contributed by atoms with Crippen LogP contribution in [-0.4, -0.2) is 9.97 Å². The Balaban J connectivity index is 2.22. The molecule has 5 nitrogen and oxygen atoms in total. The van der Waals surface area contributed by atoms with Crippen LogP contribution in [0.15, 0.2) is 30.3 Å². The molecule has 0 fully saturated rings. The van der Waals surface area contributed by atoms with Crippen molar-refractivity contribution in [2.45, 2.75) is 6.92 Å². The summed E-state index contributed by atoms with van der Waals surface area (Å²) < 4.78 is 0. The van der Waals surface area contributed by atoms with Crippen molar-refractivity contribution in [3.8, 4) is 6.07 Å². The maximum atomic E-state index is 8.68. The van der Waals surface area contributed by atoms with Gasteiger partial charge in [-0.2, -0.15) is 5.26 Å². The maximum absolute atomic E-state index is 8.68. The number of rotatable bonds is 2. The average Bonchev–Trinajstić information content (AvgIpc) is 2.28. The van der Waals surface area contributed by atoms with Gasteiger partial charge in [-0.05, 0) is 31.2 Å².